The van der Waals surface area contributed by atoms with Crippen molar-refractivity contribution >= 4 is 6.21 Å². The van der Waals surface area contributed by atoms with Gasteiger partial charge in [0, 0.05) is 75.4 Å². The van der Waals surface area contributed by atoms with Gasteiger partial charge in [-0.3, -0.25) is 4.99 Å². The number of aliphatic imine (C=N–C) groups is 1. The molecule has 2 N–H and O–H groups in total. The molecule has 146 valence electrons. The van der Waals surface area contributed by atoms with Crippen molar-refractivity contribution in [2.24, 2.45) is 10.9 Å². The quantitative estimate of drug-likeness (QED) is 0.780. The van der Waals surface area contributed by atoms with Crippen LogP contribution in [0.4, 0.5) is 0 Å². The number of methoxy groups -OCH3 is 1. The first-order chi connectivity index (χ1) is 13.0. The maximum Gasteiger partial charge on any atom is 0.0902 e. The summed E-state index contributed by atoms with van der Waals surface area (Å²) in [6.07, 6.45) is 17.1. The lowest BCUT2D eigenvalue weighted by Gasteiger charge is -2.30. The Hall–Kier alpha value is -2.53. The molecule has 27 heavy (non-hydrogen) atoms. The minimum Gasteiger partial charge on any atom is -0.388 e. The number of allylic oxidation sites excluding steroid dienone is 5. The second-order valence-corrected chi connectivity index (χ2v) is 6.80. The van der Waals surface area contributed by atoms with Crippen molar-refractivity contribution in [3.63, 3.8) is 0 Å². The number of nitrogens with one attached hydrogen (secondary N) is 2. The molecule has 2 aliphatic rings. The Morgan fingerprint density at radius 1 is 1.37 bits per heavy atom. The molecule has 0 amide bonds. The van der Waals surface area contributed by atoms with E-state index in [-0.39, 0.29) is 12.0 Å². The molecule has 0 saturated carbocycles. The molecule has 1 heterocycles. The van der Waals surface area contributed by atoms with E-state index < -0.39 is 0 Å². The van der Waals surface area contributed by atoms with E-state index in [1.807, 2.05) is 33.4 Å². The fourth-order valence-corrected chi connectivity index (χ4v) is 3.37. The lowest BCUT2D eigenvalue weighted by atomic mass is 9.88. The molecule has 1 aliphatic heterocycles. The summed E-state index contributed by atoms with van der Waals surface area (Å²) in [7, 11) is 7.72. The van der Waals surface area contributed by atoms with Crippen LogP contribution < -0.4 is 10.6 Å². The van der Waals surface area contributed by atoms with Crippen molar-refractivity contribution < 1.29 is 4.74 Å². The SMILES string of the molecule is CNC1=CC(C)C(OC)C(/C(=C/C2=C(\C)C\C=C/C=N/C=C\N2C)NC)=C1. The Morgan fingerprint density at radius 3 is 2.81 bits per heavy atom. The summed E-state index contributed by atoms with van der Waals surface area (Å²) in [6, 6.07) is 0. The Kier molecular flexibility index (Phi) is 7.67. The third-order valence-electron chi connectivity index (χ3n) is 4.87. The zero-order valence-electron chi connectivity index (χ0n) is 17.3. The fraction of sp³-hybridized carbons (Fsp3) is 0.409. The van der Waals surface area contributed by atoms with Gasteiger partial charge in [-0.15, -0.1) is 0 Å². The molecule has 0 spiro atoms. The smallest absolute Gasteiger partial charge is 0.0902 e. The first-order valence-corrected chi connectivity index (χ1v) is 9.33. The Morgan fingerprint density at radius 2 is 2.15 bits per heavy atom. The summed E-state index contributed by atoms with van der Waals surface area (Å²) in [5.41, 5.74) is 5.72. The Balaban J connectivity index is 2.51. The Bertz CT molecular complexity index is 737. The average molecular weight is 369 g/mol. The third kappa shape index (κ3) is 5.23. The van der Waals surface area contributed by atoms with E-state index in [9.17, 15) is 0 Å². The summed E-state index contributed by atoms with van der Waals surface area (Å²) in [5, 5.41) is 6.64. The normalized spacial score (nSPS) is 30.1. The van der Waals surface area contributed by atoms with Crippen LogP contribution in [0.2, 0.25) is 0 Å². The van der Waals surface area contributed by atoms with Gasteiger partial charge in [-0.05, 0) is 37.1 Å². The van der Waals surface area contributed by atoms with Crippen molar-refractivity contribution in [3.05, 3.63) is 71.0 Å². The predicted octanol–water partition coefficient (Wildman–Crippen LogP) is 3.49. The fourth-order valence-electron chi connectivity index (χ4n) is 3.37. The van der Waals surface area contributed by atoms with Crippen LogP contribution in [0.15, 0.2) is 76.0 Å². The Labute approximate surface area is 163 Å². The zero-order valence-corrected chi connectivity index (χ0v) is 17.3. The summed E-state index contributed by atoms with van der Waals surface area (Å²) >= 11 is 0. The number of likely N-dealkylation sites (N-methyl/N-ethyl adjacent to an activating group) is 3. The molecular weight excluding hydrogens is 336 g/mol. The summed E-state index contributed by atoms with van der Waals surface area (Å²) < 4.78 is 5.82. The largest absolute Gasteiger partial charge is 0.388 e. The van der Waals surface area contributed by atoms with Gasteiger partial charge in [0.1, 0.15) is 0 Å². The molecule has 1 aliphatic carbocycles. The van der Waals surface area contributed by atoms with Crippen LogP contribution in [0, 0.1) is 5.92 Å². The van der Waals surface area contributed by atoms with Gasteiger partial charge in [0.15, 0.2) is 0 Å². The van der Waals surface area contributed by atoms with Crippen molar-refractivity contribution in [3.8, 4) is 0 Å². The van der Waals surface area contributed by atoms with Crippen molar-refractivity contribution in [2.45, 2.75) is 26.4 Å². The van der Waals surface area contributed by atoms with Crippen LogP contribution in [-0.4, -0.2) is 45.5 Å². The highest BCUT2D eigenvalue weighted by atomic mass is 16.5. The minimum absolute atomic E-state index is 0.00610. The summed E-state index contributed by atoms with van der Waals surface area (Å²) in [5.74, 6) is 0.281. The molecule has 0 bridgehead atoms. The highest BCUT2D eigenvalue weighted by molar-refractivity contribution is 5.71. The molecule has 0 fully saturated rings. The number of nitrogens with zero attached hydrogens (tertiary/aromatic N) is 2. The maximum atomic E-state index is 5.82. The predicted molar refractivity (Wildman–Crippen MR) is 114 cm³/mol. The molecule has 0 saturated heterocycles. The summed E-state index contributed by atoms with van der Waals surface area (Å²) in [4.78, 5) is 6.35. The van der Waals surface area contributed by atoms with Crippen molar-refractivity contribution in [2.75, 3.05) is 28.3 Å². The standard InChI is InChI=1S/C22H32N4O/c1-16-9-7-8-10-25-11-12-26(5)21(16)15-20(24-4)19-14-18(23-3)13-17(2)22(19)27-6/h7-8,10-15,17,22-24H,9H2,1-6H3/b8-7-,12-11-,20-15-,21-16-,25-10+. The molecule has 5 nitrogen and oxygen atoms in total. The van der Waals surface area contributed by atoms with Crippen LogP contribution in [0.5, 0.6) is 0 Å². The first-order valence-electron chi connectivity index (χ1n) is 9.33. The first kappa shape index (κ1) is 20.8. The van der Waals surface area contributed by atoms with E-state index in [2.05, 4.69) is 58.7 Å². The molecule has 5 heteroatoms. The van der Waals surface area contributed by atoms with Gasteiger partial charge in [-0.25, -0.2) is 0 Å². The second kappa shape index (κ2) is 9.97. The minimum atomic E-state index is 0.00610. The van der Waals surface area contributed by atoms with Gasteiger partial charge in [-0.2, -0.15) is 0 Å². The lowest BCUT2D eigenvalue weighted by molar-refractivity contribution is 0.102. The summed E-state index contributed by atoms with van der Waals surface area (Å²) in [6.45, 7) is 4.34. The third-order valence-corrected chi connectivity index (χ3v) is 4.87. The van der Waals surface area contributed by atoms with Gasteiger partial charge in [0.05, 0.1) is 6.10 Å². The van der Waals surface area contributed by atoms with Crippen LogP contribution in [0.1, 0.15) is 20.3 Å². The van der Waals surface area contributed by atoms with Gasteiger partial charge in [-0.1, -0.05) is 19.1 Å². The van der Waals surface area contributed by atoms with Crippen LogP contribution in [0.25, 0.3) is 0 Å². The number of ether oxygens (including phenoxy) is 1. The van der Waals surface area contributed by atoms with E-state index in [4.69, 9.17) is 4.74 Å². The molecule has 0 radical (unpaired) electrons. The van der Waals surface area contributed by atoms with Gasteiger partial charge in [0.25, 0.3) is 0 Å². The average Bonchev–Trinajstić information content (AvgIpc) is 2.66. The molecule has 2 rings (SSSR count). The molecule has 2 unspecified atom stereocenters. The van der Waals surface area contributed by atoms with Crippen LogP contribution in [0.3, 0.4) is 0 Å². The monoisotopic (exact) mass is 368 g/mol. The van der Waals surface area contributed by atoms with E-state index >= 15 is 0 Å². The zero-order chi connectivity index (χ0) is 19.8. The number of hydrogen-bond acceptors (Lipinski definition) is 5. The van der Waals surface area contributed by atoms with Crippen LogP contribution in [-0.2, 0) is 4.74 Å². The highest BCUT2D eigenvalue weighted by Gasteiger charge is 2.26. The van der Waals surface area contributed by atoms with E-state index in [0.29, 0.717) is 0 Å². The van der Waals surface area contributed by atoms with Gasteiger partial charge in [0.2, 0.25) is 0 Å². The van der Waals surface area contributed by atoms with E-state index in [1.165, 1.54) is 5.57 Å². The number of rotatable bonds is 5. The molecular formula is C22H32N4O. The highest BCUT2D eigenvalue weighted by Crippen LogP contribution is 2.30. The van der Waals surface area contributed by atoms with Crippen LogP contribution >= 0.6 is 0 Å². The number of hydrogen-bond donors (Lipinski definition) is 2. The second-order valence-electron chi connectivity index (χ2n) is 6.80. The van der Waals surface area contributed by atoms with Gasteiger partial charge < -0.3 is 20.3 Å². The molecule has 2 atom stereocenters. The topological polar surface area (TPSA) is 48.9 Å². The van der Waals surface area contributed by atoms with E-state index in [0.717, 1.165) is 29.1 Å². The molecule has 0 aromatic rings. The van der Waals surface area contributed by atoms with Crippen molar-refractivity contribution in [1.29, 1.82) is 0 Å². The van der Waals surface area contributed by atoms with Gasteiger partial charge >= 0.3 is 0 Å². The molecule has 0 aromatic heterocycles. The maximum absolute atomic E-state index is 5.82. The molecule has 0 aromatic carbocycles. The lowest BCUT2D eigenvalue weighted by Crippen LogP contribution is -2.30. The van der Waals surface area contributed by atoms with Crippen molar-refractivity contribution in [1.82, 2.24) is 15.5 Å². The van der Waals surface area contributed by atoms with E-state index in [1.54, 1.807) is 19.5 Å².